The smallest absolute Gasteiger partial charge is 0.230 e. The molecule has 0 atom stereocenters. The number of rotatable bonds is 7. The van der Waals surface area contributed by atoms with Crippen molar-refractivity contribution in [3.05, 3.63) is 71.2 Å². The molecule has 0 saturated carbocycles. The summed E-state index contributed by atoms with van der Waals surface area (Å²) in [6.45, 7) is 0.404. The van der Waals surface area contributed by atoms with Crippen molar-refractivity contribution in [3.8, 4) is 17.0 Å². The number of carbonyl (C=O) groups is 1. The number of hydrogen-bond acceptors (Lipinski definition) is 5. The average Bonchev–Trinajstić information content (AvgIpc) is 2.72. The van der Waals surface area contributed by atoms with E-state index in [0.717, 1.165) is 22.6 Å². The molecule has 0 aliphatic rings. The number of nitrogens with one attached hydrogen (secondary N) is 1. The molecule has 0 saturated heterocycles. The Kier molecular flexibility index (Phi) is 6.68. The molecule has 27 heavy (non-hydrogen) atoms. The topological polar surface area (TPSA) is 64.1 Å². The van der Waals surface area contributed by atoms with Crippen molar-refractivity contribution in [2.24, 2.45) is 0 Å². The van der Waals surface area contributed by atoms with Crippen LogP contribution in [0.4, 0.5) is 0 Å². The molecule has 0 bridgehead atoms. The summed E-state index contributed by atoms with van der Waals surface area (Å²) in [7, 11) is 1.63. The lowest BCUT2D eigenvalue weighted by molar-refractivity contribution is -0.118. The summed E-state index contributed by atoms with van der Waals surface area (Å²) in [4.78, 5) is 12.0. The SMILES string of the molecule is COc1ccc(-c2ccc(SCC(=O)NCc3ccccc3Cl)nn2)cc1. The first-order valence-corrected chi connectivity index (χ1v) is 9.63. The fraction of sp³-hybridized carbons (Fsp3) is 0.150. The van der Waals surface area contributed by atoms with Crippen LogP contribution in [0.2, 0.25) is 5.02 Å². The highest BCUT2D eigenvalue weighted by molar-refractivity contribution is 7.99. The van der Waals surface area contributed by atoms with Crippen LogP contribution in [0.1, 0.15) is 5.56 Å². The van der Waals surface area contributed by atoms with Crippen molar-refractivity contribution < 1.29 is 9.53 Å². The van der Waals surface area contributed by atoms with Gasteiger partial charge in [-0.3, -0.25) is 4.79 Å². The van der Waals surface area contributed by atoms with Gasteiger partial charge in [0.1, 0.15) is 10.8 Å². The number of aromatic nitrogens is 2. The Morgan fingerprint density at radius 3 is 2.52 bits per heavy atom. The van der Waals surface area contributed by atoms with E-state index in [9.17, 15) is 4.79 Å². The molecular formula is C20H18ClN3O2S. The van der Waals surface area contributed by atoms with E-state index in [1.807, 2.05) is 54.6 Å². The molecule has 5 nitrogen and oxygen atoms in total. The third-order valence-corrected chi connectivity index (χ3v) is 5.10. The lowest BCUT2D eigenvalue weighted by Gasteiger charge is -2.07. The Morgan fingerprint density at radius 2 is 1.85 bits per heavy atom. The van der Waals surface area contributed by atoms with E-state index in [1.54, 1.807) is 13.2 Å². The number of halogens is 1. The van der Waals surface area contributed by atoms with E-state index >= 15 is 0 Å². The van der Waals surface area contributed by atoms with Crippen LogP contribution in [0.3, 0.4) is 0 Å². The number of amides is 1. The maximum Gasteiger partial charge on any atom is 0.230 e. The summed E-state index contributed by atoms with van der Waals surface area (Å²) in [6, 6.07) is 18.8. The molecule has 0 aliphatic heterocycles. The molecule has 1 N–H and O–H groups in total. The van der Waals surface area contributed by atoms with Crippen molar-refractivity contribution in [2.75, 3.05) is 12.9 Å². The molecular weight excluding hydrogens is 382 g/mol. The van der Waals surface area contributed by atoms with E-state index in [1.165, 1.54) is 11.8 Å². The van der Waals surface area contributed by atoms with Crippen LogP contribution in [0.15, 0.2) is 65.7 Å². The van der Waals surface area contributed by atoms with Gasteiger partial charge < -0.3 is 10.1 Å². The van der Waals surface area contributed by atoms with E-state index < -0.39 is 0 Å². The minimum Gasteiger partial charge on any atom is -0.497 e. The predicted octanol–water partition coefficient (Wildman–Crippen LogP) is 4.21. The van der Waals surface area contributed by atoms with Crippen molar-refractivity contribution in [1.82, 2.24) is 15.5 Å². The first-order chi connectivity index (χ1) is 13.2. The van der Waals surface area contributed by atoms with E-state index in [0.29, 0.717) is 16.6 Å². The first-order valence-electron chi connectivity index (χ1n) is 8.27. The summed E-state index contributed by atoms with van der Waals surface area (Å²) in [5, 5.41) is 12.6. The fourth-order valence-corrected chi connectivity index (χ4v) is 3.19. The van der Waals surface area contributed by atoms with Gasteiger partial charge >= 0.3 is 0 Å². The highest BCUT2D eigenvalue weighted by atomic mass is 35.5. The minimum absolute atomic E-state index is 0.0825. The van der Waals surface area contributed by atoms with Gasteiger partial charge in [0.05, 0.1) is 18.6 Å². The molecule has 1 heterocycles. The van der Waals surface area contributed by atoms with Gasteiger partial charge in [0.25, 0.3) is 0 Å². The number of ether oxygens (including phenoxy) is 1. The van der Waals surface area contributed by atoms with Crippen LogP contribution in [-0.2, 0) is 11.3 Å². The zero-order valence-electron chi connectivity index (χ0n) is 14.7. The molecule has 7 heteroatoms. The molecule has 1 amide bonds. The quantitative estimate of drug-likeness (QED) is 0.603. The zero-order valence-corrected chi connectivity index (χ0v) is 16.3. The monoisotopic (exact) mass is 399 g/mol. The van der Waals surface area contributed by atoms with Crippen molar-refractivity contribution >= 4 is 29.3 Å². The molecule has 2 aromatic carbocycles. The van der Waals surface area contributed by atoms with Gasteiger partial charge in [0.2, 0.25) is 5.91 Å². The van der Waals surface area contributed by atoms with Crippen molar-refractivity contribution in [2.45, 2.75) is 11.6 Å². The Labute approximate surface area is 167 Å². The highest BCUT2D eigenvalue weighted by Crippen LogP contribution is 2.22. The van der Waals surface area contributed by atoms with Gasteiger partial charge in [-0.05, 0) is 48.0 Å². The summed E-state index contributed by atoms with van der Waals surface area (Å²) >= 11 is 7.42. The summed E-state index contributed by atoms with van der Waals surface area (Å²) in [5.74, 6) is 0.976. The number of carbonyl (C=O) groups excluding carboxylic acids is 1. The Balaban J connectivity index is 1.50. The Bertz CT molecular complexity index is 902. The predicted molar refractivity (Wildman–Crippen MR) is 108 cm³/mol. The van der Waals surface area contributed by atoms with E-state index in [2.05, 4.69) is 15.5 Å². The van der Waals surface area contributed by atoms with Gasteiger partial charge in [-0.2, -0.15) is 0 Å². The van der Waals surface area contributed by atoms with Gasteiger partial charge in [-0.1, -0.05) is 41.6 Å². The van der Waals surface area contributed by atoms with E-state index in [-0.39, 0.29) is 11.7 Å². The molecule has 0 spiro atoms. The number of hydrogen-bond donors (Lipinski definition) is 1. The van der Waals surface area contributed by atoms with Crippen LogP contribution < -0.4 is 10.1 Å². The maximum absolute atomic E-state index is 12.0. The molecule has 3 aromatic rings. The summed E-state index contributed by atoms with van der Waals surface area (Å²) in [5.41, 5.74) is 2.61. The molecule has 0 aliphatic carbocycles. The summed E-state index contributed by atoms with van der Waals surface area (Å²) < 4.78 is 5.15. The number of benzene rings is 2. The van der Waals surface area contributed by atoms with Crippen LogP contribution in [0.5, 0.6) is 5.75 Å². The standard InChI is InChI=1S/C20H18ClN3O2S/c1-26-16-8-6-14(7-9-16)18-10-11-20(24-23-18)27-13-19(25)22-12-15-4-2-3-5-17(15)21/h2-11H,12-13H2,1H3,(H,22,25). The largest absolute Gasteiger partial charge is 0.497 e. The number of nitrogens with zero attached hydrogens (tertiary/aromatic N) is 2. The number of methoxy groups -OCH3 is 1. The third kappa shape index (κ3) is 5.45. The first kappa shape index (κ1) is 19.2. The second-order valence-electron chi connectivity index (χ2n) is 5.64. The second-order valence-corrected chi connectivity index (χ2v) is 7.04. The maximum atomic E-state index is 12.0. The van der Waals surface area contributed by atoms with Crippen LogP contribution in [0, 0.1) is 0 Å². The van der Waals surface area contributed by atoms with Crippen LogP contribution in [0.25, 0.3) is 11.3 Å². The minimum atomic E-state index is -0.0825. The molecule has 0 fully saturated rings. The highest BCUT2D eigenvalue weighted by Gasteiger charge is 2.07. The van der Waals surface area contributed by atoms with Gasteiger partial charge in [-0.15, -0.1) is 10.2 Å². The average molecular weight is 400 g/mol. The second kappa shape index (κ2) is 9.39. The molecule has 0 radical (unpaired) electrons. The normalized spacial score (nSPS) is 10.4. The van der Waals surface area contributed by atoms with Gasteiger partial charge in [0.15, 0.2) is 0 Å². The molecule has 0 unspecified atom stereocenters. The molecule has 138 valence electrons. The number of thioether (sulfide) groups is 1. The van der Waals surface area contributed by atoms with Crippen LogP contribution >= 0.6 is 23.4 Å². The van der Waals surface area contributed by atoms with E-state index in [4.69, 9.17) is 16.3 Å². The zero-order chi connectivity index (χ0) is 19.1. The summed E-state index contributed by atoms with van der Waals surface area (Å²) in [6.07, 6.45) is 0. The van der Waals surface area contributed by atoms with Gasteiger partial charge in [-0.25, -0.2) is 0 Å². The molecule has 1 aromatic heterocycles. The molecule has 3 rings (SSSR count). The fourth-order valence-electron chi connectivity index (χ4n) is 2.34. The third-order valence-electron chi connectivity index (χ3n) is 3.81. The van der Waals surface area contributed by atoms with Crippen LogP contribution in [-0.4, -0.2) is 29.0 Å². The van der Waals surface area contributed by atoms with Gasteiger partial charge in [0, 0.05) is 17.1 Å². The van der Waals surface area contributed by atoms with Crippen molar-refractivity contribution in [1.29, 1.82) is 0 Å². The lowest BCUT2D eigenvalue weighted by atomic mass is 10.1. The lowest BCUT2D eigenvalue weighted by Crippen LogP contribution is -2.24. The van der Waals surface area contributed by atoms with Crippen molar-refractivity contribution in [3.63, 3.8) is 0 Å². The Hall–Kier alpha value is -2.57. The Morgan fingerprint density at radius 1 is 1.07 bits per heavy atom.